The summed E-state index contributed by atoms with van der Waals surface area (Å²) >= 11 is 12.1. The zero-order valence-corrected chi connectivity index (χ0v) is 17.9. The van der Waals surface area contributed by atoms with Gasteiger partial charge in [-0.3, -0.25) is 4.79 Å². The summed E-state index contributed by atoms with van der Waals surface area (Å²) in [6.07, 6.45) is 3.78. The first-order valence-electron chi connectivity index (χ1n) is 9.17. The Hall–Kier alpha value is -1.60. The van der Waals surface area contributed by atoms with Crippen molar-refractivity contribution >= 4 is 44.8 Å². The zero-order chi connectivity index (χ0) is 20.3. The number of nitrogens with one attached hydrogen (secondary N) is 1. The minimum Gasteiger partial charge on any atom is -0.321 e. The van der Waals surface area contributed by atoms with Crippen LogP contribution in [-0.2, 0) is 10.0 Å². The van der Waals surface area contributed by atoms with E-state index in [1.165, 1.54) is 10.4 Å². The van der Waals surface area contributed by atoms with Gasteiger partial charge >= 0.3 is 0 Å². The first-order valence-corrected chi connectivity index (χ1v) is 11.4. The number of sulfonamides is 1. The highest BCUT2D eigenvalue weighted by molar-refractivity contribution is 7.89. The van der Waals surface area contributed by atoms with Gasteiger partial charge in [-0.2, -0.15) is 4.31 Å². The van der Waals surface area contributed by atoms with Gasteiger partial charge in [0.25, 0.3) is 5.91 Å². The van der Waals surface area contributed by atoms with Crippen LogP contribution >= 0.6 is 23.2 Å². The van der Waals surface area contributed by atoms with Gasteiger partial charge in [-0.25, -0.2) is 8.42 Å². The Morgan fingerprint density at radius 1 is 1.04 bits per heavy atom. The molecule has 2 aromatic carbocycles. The maximum Gasteiger partial charge on any atom is 0.256 e. The number of hydrogen-bond acceptors (Lipinski definition) is 3. The minimum atomic E-state index is -3.64. The molecule has 0 unspecified atom stereocenters. The van der Waals surface area contributed by atoms with Crippen molar-refractivity contribution in [2.45, 2.75) is 37.5 Å². The second-order valence-electron chi connectivity index (χ2n) is 6.85. The van der Waals surface area contributed by atoms with E-state index < -0.39 is 15.9 Å². The topological polar surface area (TPSA) is 66.5 Å². The molecule has 0 bridgehead atoms. The van der Waals surface area contributed by atoms with Crippen molar-refractivity contribution in [1.82, 2.24) is 4.31 Å². The van der Waals surface area contributed by atoms with Gasteiger partial charge in [0.15, 0.2) is 0 Å². The van der Waals surface area contributed by atoms with E-state index in [2.05, 4.69) is 5.32 Å². The van der Waals surface area contributed by atoms with Crippen LogP contribution in [0.1, 0.15) is 41.6 Å². The van der Waals surface area contributed by atoms with Crippen LogP contribution in [0.3, 0.4) is 0 Å². The number of aryl methyl sites for hydroxylation is 1. The molecule has 3 rings (SSSR count). The Morgan fingerprint density at radius 3 is 2.39 bits per heavy atom. The summed E-state index contributed by atoms with van der Waals surface area (Å²) in [5.41, 5.74) is 1.33. The van der Waals surface area contributed by atoms with E-state index in [1.54, 1.807) is 37.3 Å². The molecule has 0 aliphatic carbocycles. The number of anilines is 1. The number of hydrogen-bond donors (Lipinski definition) is 1. The Kier molecular flexibility index (Phi) is 6.65. The largest absolute Gasteiger partial charge is 0.321 e. The number of carbonyl (C=O) groups excluding carboxylic acids is 1. The molecule has 1 aliphatic heterocycles. The van der Waals surface area contributed by atoms with Gasteiger partial charge in [0, 0.05) is 18.7 Å². The molecule has 0 atom stereocenters. The van der Waals surface area contributed by atoms with Crippen LogP contribution in [0.25, 0.3) is 0 Å². The highest BCUT2D eigenvalue weighted by Crippen LogP contribution is 2.30. The number of carbonyl (C=O) groups is 1. The van der Waals surface area contributed by atoms with Crippen LogP contribution < -0.4 is 5.32 Å². The molecule has 5 nitrogen and oxygen atoms in total. The fourth-order valence-electron chi connectivity index (χ4n) is 3.23. The van der Waals surface area contributed by atoms with E-state index >= 15 is 0 Å². The SMILES string of the molecule is Cc1ccc(S(=O)(=O)N2CCCCCC2)cc1C(=O)Nc1cccc(Cl)c1Cl. The summed E-state index contributed by atoms with van der Waals surface area (Å²) in [4.78, 5) is 12.9. The number of amides is 1. The normalized spacial score (nSPS) is 15.8. The third-order valence-electron chi connectivity index (χ3n) is 4.86. The lowest BCUT2D eigenvalue weighted by atomic mass is 10.1. The number of halogens is 2. The van der Waals surface area contributed by atoms with Crippen LogP contribution in [0, 0.1) is 6.92 Å². The Morgan fingerprint density at radius 2 is 1.71 bits per heavy atom. The maximum absolute atomic E-state index is 13.0. The summed E-state index contributed by atoms with van der Waals surface area (Å²) in [6, 6.07) is 9.58. The van der Waals surface area contributed by atoms with Crippen molar-refractivity contribution in [1.29, 1.82) is 0 Å². The molecule has 0 radical (unpaired) electrons. The zero-order valence-electron chi connectivity index (χ0n) is 15.5. The molecular formula is C20H22Cl2N2O3S. The fourth-order valence-corrected chi connectivity index (χ4v) is 5.12. The quantitative estimate of drug-likeness (QED) is 0.716. The molecule has 8 heteroatoms. The highest BCUT2D eigenvalue weighted by Gasteiger charge is 2.26. The van der Waals surface area contributed by atoms with Crippen molar-refractivity contribution in [3.63, 3.8) is 0 Å². The molecule has 1 N–H and O–H groups in total. The van der Waals surface area contributed by atoms with Gasteiger partial charge < -0.3 is 5.32 Å². The molecular weight excluding hydrogens is 419 g/mol. The molecule has 0 spiro atoms. The van der Waals surface area contributed by atoms with Crippen LogP contribution in [0.5, 0.6) is 0 Å². The number of rotatable bonds is 4. The van der Waals surface area contributed by atoms with Crippen LogP contribution in [0.2, 0.25) is 10.0 Å². The molecule has 1 saturated heterocycles. The molecule has 0 aromatic heterocycles. The third kappa shape index (κ3) is 4.51. The molecule has 28 heavy (non-hydrogen) atoms. The van der Waals surface area contributed by atoms with E-state index in [-0.39, 0.29) is 15.5 Å². The summed E-state index contributed by atoms with van der Waals surface area (Å²) in [7, 11) is -3.64. The van der Waals surface area contributed by atoms with E-state index in [0.29, 0.717) is 29.4 Å². The average molecular weight is 441 g/mol. The lowest BCUT2D eigenvalue weighted by Gasteiger charge is -2.20. The Bertz CT molecular complexity index is 985. The molecule has 1 amide bonds. The van der Waals surface area contributed by atoms with E-state index in [9.17, 15) is 13.2 Å². The van der Waals surface area contributed by atoms with Gasteiger partial charge in [0.1, 0.15) is 0 Å². The van der Waals surface area contributed by atoms with E-state index in [4.69, 9.17) is 23.2 Å². The second kappa shape index (κ2) is 8.82. The van der Waals surface area contributed by atoms with Crippen molar-refractivity contribution in [2.75, 3.05) is 18.4 Å². The van der Waals surface area contributed by atoms with Gasteiger partial charge in [-0.1, -0.05) is 48.2 Å². The monoisotopic (exact) mass is 440 g/mol. The van der Waals surface area contributed by atoms with Crippen molar-refractivity contribution in [3.05, 3.63) is 57.6 Å². The lowest BCUT2D eigenvalue weighted by molar-refractivity contribution is 0.102. The van der Waals surface area contributed by atoms with E-state index in [1.807, 2.05) is 0 Å². The van der Waals surface area contributed by atoms with Crippen molar-refractivity contribution in [2.24, 2.45) is 0 Å². The summed E-state index contributed by atoms with van der Waals surface area (Å²) in [5, 5.41) is 3.28. The molecule has 1 aliphatic rings. The fraction of sp³-hybridized carbons (Fsp3) is 0.350. The van der Waals surface area contributed by atoms with E-state index in [0.717, 1.165) is 25.7 Å². The summed E-state index contributed by atoms with van der Waals surface area (Å²) in [5.74, 6) is -0.436. The molecule has 1 heterocycles. The smallest absolute Gasteiger partial charge is 0.256 e. The predicted octanol–water partition coefficient (Wildman–Crippen LogP) is 5.12. The standard InChI is InChI=1S/C20H22Cl2N2O3S/c1-14-9-10-15(28(26,27)24-11-4-2-3-5-12-24)13-16(14)20(25)23-18-8-6-7-17(21)19(18)22/h6-10,13H,2-5,11-12H2,1H3,(H,23,25). The van der Waals surface area contributed by atoms with Crippen LogP contribution in [-0.4, -0.2) is 31.7 Å². The predicted molar refractivity (Wildman–Crippen MR) is 113 cm³/mol. The molecule has 1 fully saturated rings. The number of nitrogens with zero attached hydrogens (tertiary/aromatic N) is 1. The molecule has 0 saturated carbocycles. The van der Waals surface area contributed by atoms with Gasteiger partial charge in [0.05, 0.1) is 20.6 Å². The lowest BCUT2D eigenvalue weighted by Crippen LogP contribution is -2.32. The van der Waals surface area contributed by atoms with Gasteiger partial charge in [-0.05, 0) is 49.6 Å². The first kappa shape index (κ1) is 21.1. The van der Waals surface area contributed by atoms with Gasteiger partial charge in [-0.15, -0.1) is 0 Å². The van der Waals surface area contributed by atoms with Crippen LogP contribution in [0.15, 0.2) is 41.3 Å². The Balaban J connectivity index is 1.90. The minimum absolute atomic E-state index is 0.127. The van der Waals surface area contributed by atoms with Crippen LogP contribution in [0.4, 0.5) is 5.69 Å². The summed E-state index contributed by atoms with van der Waals surface area (Å²) < 4.78 is 27.6. The summed E-state index contributed by atoms with van der Waals surface area (Å²) in [6.45, 7) is 2.78. The van der Waals surface area contributed by atoms with Gasteiger partial charge in [0.2, 0.25) is 10.0 Å². The third-order valence-corrected chi connectivity index (χ3v) is 7.57. The second-order valence-corrected chi connectivity index (χ2v) is 9.57. The maximum atomic E-state index is 13.0. The molecule has 150 valence electrons. The molecule has 2 aromatic rings. The average Bonchev–Trinajstić information content (AvgIpc) is 2.95. The highest BCUT2D eigenvalue weighted by atomic mass is 35.5. The van der Waals surface area contributed by atoms with Crippen molar-refractivity contribution in [3.8, 4) is 0 Å². The Labute approximate surface area is 175 Å². The number of benzene rings is 2. The van der Waals surface area contributed by atoms with Crippen molar-refractivity contribution < 1.29 is 13.2 Å². The first-order chi connectivity index (χ1) is 13.3.